The first kappa shape index (κ1) is 16.1. The third kappa shape index (κ3) is 3.44. The van der Waals surface area contributed by atoms with Gasteiger partial charge < -0.3 is 9.64 Å². The van der Waals surface area contributed by atoms with Crippen LogP contribution in [0.2, 0.25) is 0 Å². The minimum Gasteiger partial charge on any atom is -0.497 e. The number of carbonyl (C=O) groups is 1. The number of amides is 1. The molecule has 1 aromatic carbocycles. The van der Waals surface area contributed by atoms with Crippen molar-refractivity contribution in [2.45, 2.75) is 46.1 Å². The molecular formula is C20H27NO2. The summed E-state index contributed by atoms with van der Waals surface area (Å²) in [6.45, 7) is 7.89. The van der Waals surface area contributed by atoms with Crippen LogP contribution in [0.1, 0.15) is 45.6 Å². The Morgan fingerprint density at radius 3 is 2.57 bits per heavy atom. The molecule has 0 radical (unpaired) electrons. The SMILES string of the molecule is COc1ccc(C=CC(=O)N2C[C@]3(C)C[C@H]2CC(C)(C)C3)cc1. The normalized spacial score (nSPS) is 29.0. The van der Waals surface area contributed by atoms with Crippen LogP contribution >= 0.6 is 0 Å². The van der Waals surface area contributed by atoms with Crippen LogP contribution in [-0.4, -0.2) is 30.5 Å². The molecular weight excluding hydrogens is 286 g/mol. The zero-order chi connectivity index (χ0) is 16.7. The van der Waals surface area contributed by atoms with Crippen LogP contribution in [0.15, 0.2) is 30.3 Å². The number of nitrogens with zero attached hydrogens (tertiary/aromatic N) is 1. The van der Waals surface area contributed by atoms with Crippen molar-refractivity contribution in [2.24, 2.45) is 10.8 Å². The molecule has 2 fully saturated rings. The van der Waals surface area contributed by atoms with E-state index in [0.717, 1.165) is 30.7 Å². The van der Waals surface area contributed by atoms with Crippen LogP contribution in [0.3, 0.4) is 0 Å². The zero-order valence-electron chi connectivity index (χ0n) is 14.6. The first-order chi connectivity index (χ1) is 10.8. The first-order valence-electron chi connectivity index (χ1n) is 8.43. The van der Waals surface area contributed by atoms with Gasteiger partial charge in [0.15, 0.2) is 0 Å². The van der Waals surface area contributed by atoms with Gasteiger partial charge in [0.25, 0.3) is 0 Å². The van der Waals surface area contributed by atoms with Crippen molar-refractivity contribution >= 4 is 12.0 Å². The lowest BCUT2D eigenvalue weighted by Gasteiger charge is -2.39. The number of benzene rings is 1. The molecule has 124 valence electrons. The summed E-state index contributed by atoms with van der Waals surface area (Å²) >= 11 is 0. The number of methoxy groups -OCH3 is 1. The second-order valence-corrected chi connectivity index (χ2v) is 8.29. The monoisotopic (exact) mass is 313 g/mol. The highest BCUT2D eigenvalue weighted by Crippen LogP contribution is 2.52. The summed E-state index contributed by atoms with van der Waals surface area (Å²) in [6, 6.07) is 8.16. The molecule has 2 atom stereocenters. The minimum absolute atomic E-state index is 0.146. The van der Waals surface area contributed by atoms with E-state index in [4.69, 9.17) is 4.74 Å². The summed E-state index contributed by atoms with van der Waals surface area (Å²) in [7, 11) is 1.65. The Morgan fingerprint density at radius 2 is 1.91 bits per heavy atom. The van der Waals surface area contributed by atoms with Gasteiger partial charge in [-0.2, -0.15) is 0 Å². The molecule has 2 bridgehead atoms. The fraction of sp³-hybridized carbons (Fsp3) is 0.550. The van der Waals surface area contributed by atoms with E-state index in [-0.39, 0.29) is 11.3 Å². The molecule has 1 saturated heterocycles. The molecule has 0 aromatic heterocycles. The molecule has 0 N–H and O–H groups in total. The van der Waals surface area contributed by atoms with E-state index in [1.165, 1.54) is 6.42 Å². The van der Waals surface area contributed by atoms with Crippen molar-refractivity contribution in [1.29, 1.82) is 0 Å². The average Bonchev–Trinajstić information content (AvgIpc) is 2.74. The second-order valence-electron chi connectivity index (χ2n) is 8.29. The maximum atomic E-state index is 12.7. The first-order valence-corrected chi connectivity index (χ1v) is 8.43. The van der Waals surface area contributed by atoms with E-state index in [1.807, 2.05) is 30.3 Å². The van der Waals surface area contributed by atoms with Crippen LogP contribution in [-0.2, 0) is 4.79 Å². The van der Waals surface area contributed by atoms with Gasteiger partial charge in [-0.05, 0) is 53.9 Å². The number of fused-ring (bicyclic) bond motifs is 2. The molecule has 23 heavy (non-hydrogen) atoms. The largest absolute Gasteiger partial charge is 0.497 e. The van der Waals surface area contributed by atoms with E-state index < -0.39 is 0 Å². The second kappa shape index (κ2) is 5.70. The average molecular weight is 313 g/mol. The summed E-state index contributed by atoms with van der Waals surface area (Å²) < 4.78 is 5.15. The summed E-state index contributed by atoms with van der Waals surface area (Å²) in [6.07, 6.45) is 7.10. The number of hydrogen-bond acceptors (Lipinski definition) is 2. The van der Waals surface area contributed by atoms with Crippen molar-refractivity contribution in [2.75, 3.05) is 13.7 Å². The lowest BCUT2D eigenvalue weighted by Crippen LogP contribution is -2.36. The van der Waals surface area contributed by atoms with Gasteiger partial charge in [0.1, 0.15) is 5.75 Å². The fourth-order valence-electron chi connectivity index (χ4n) is 4.70. The number of ether oxygens (including phenoxy) is 1. The highest BCUT2D eigenvalue weighted by molar-refractivity contribution is 5.92. The summed E-state index contributed by atoms with van der Waals surface area (Å²) in [4.78, 5) is 14.7. The molecule has 3 heteroatoms. The summed E-state index contributed by atoms with van der Waals surface area (Å²) in [5, 5.41) is 0. The van der Waals surface area contributed by atoms with Gasteiger partial charge in [0, 0.05) is 18.7 Å². The van der Waals surface area contributed by atoms with Gasteiger partial charge in [-0.3, -0.25) is 4.79 Å². The Kier molecular flexibility index (Phi) is 3.99. The van der Waals surface area contributed by atoms with Gasteiger partial charge in [0.05, 0.1) is 7.11 Å². The van der Waals surface area contributed by atoms with Gasteiger partial charge >= 0.3 is 0 Å². The molecule has 1 aliphatic carbocycles. The van der Waals surface area contributed by atoms with Crippen molar-refractivity contribution in [1.82, 2.24) is 4.90 Å². The van der Waals surface area contributed by atoms with Crippen LogP contribution in [0.25, 0.3) is 6.08 Å². The molecule has 3 rings (SSSR count). The lowest BCUT2D eigenvalue weighted by atomic mass is 9.65. The molecule has 2 aliphatic rings. The Balaban J connectivity index is 1.70. The number of carbonyl (C=O) groups excluding carboxylic acids is 1. The van der Waals surface area contributed by atoms with E-state index in [2.05, 4.69) is 25.7 Å². The maximum Gasteiger partial charge on any atom is 0.246 e. The van der Waals surface area contributed by atoms with Crippen LogP contribution in [0.4, 0.5) is 0 Å². The molecule has 0 unspecified atom stereocenters. The molecule has 1 aromatic rings. The van der Waals surface area contributed by atoms with Gasteiger partial charge in [-0.25, -0.2) is 0 Å². The zero-order valence-corrected chi connectivity index (χ0v) is 14.6. The Bertz CT molecular complexity index is 617. The molecule has 1 saturated carbocycles. The van der Waals surface area contributed by atoms with Crippen molar-refractivity contribution in [3.63, 3.8) is 0 Å². The van der Waals surface area contributed by atoms with E-state index >= 15 is 0 Å². The van der Waals surface area contributed by atoms with E-state index in [1.54, 1.807) is 13.2 Å². The Hall–Kier alpha value is -1.77. The van der Waals surface area contributed by atoms with E-state index in [9.17, 15) is 4.79 Å². The number of rotatable bonds is 3. The molecule has 1 amide bonds. The smallest absolute Gasteiger partial charge is 0.246 e. The van der Waals surface area contributed by atoms with Crippen LogP contribution in [0, 0.1) is 10.8 Å². The maximum absolute atomic E-state index is 12.7. The number of likely N-dealkylation sites (tertiary alicyclic amines) is 1. The predicted molar refractivity (Wildman–Crippen MR) is 93.3 cm³/mol. The topological polar surface area (TPSA) is 29.5 Å². The van der Waals surface area contributed by atoms with Crippen molar-refractivity contribution < 1.29 is 9.53 Å². The fourth-order valence-corrected chi connectivity index (χ4v) is 4.70. The third-order valence-corrected chi connectivity index (χ3v) is 5.23. The molecule has 3 nitrogen and oxygen atoms in total. The Morgan fingerprint density at radius 1 is 1.22 bits per heavy atom. The minimum atomic E-state index is 0.146. The van der Waals surface area contributed by atoms with Gasteiger partial charge in [-0.15, -0.1) is 0 Å². The predicted octanol–water partition coefficient (Wildman–Crippen LogP) is 4.14. The van der Waals surface area contributed by atoms with Crippen LogP contribution < -0.4 is 4.74 Å². The third-order valence-electron chi connectivity index (χ3n) is 5.23. The highest BCUT2D eigenvalue weighted by Gasteiger charge is 2.50. The van der Waals surface area contributed by atoms with Crippen molar-refractivity contribution in [3.05, 3.63) is 35.9 Å². The van der Waals surface area contributed by atoms with Crippen molar-refractivity contribution in [3.8, 4) is 5.75 Å². The summed E-state index contributed by atoms with van der Waals surface area (Å²) in [5.74, 6) is 0.976. The molecule has 0 spiro atoms. The van der Waals surface area contributed by atoms with Gasteiger partial charge in [0.2, 0.25) is 5.91 Å². The highest BCUT2D eigenvalue weighted by atomic mass is 16.5. The summed E-state index contributed by atoms with van der Waals surface area (Å²) in [5.41, 5.74) is 1.65. The van der Waals surface area contributed by atoms with Crippen LogP contribution in [0.5, 0.6) is 5.75 Å². The standard InChI is InChI=1S/C20H27NO2/c1-19(2)11-16-12-20(3,13-19)14-21(16)18(22)10-7-15-5-8-17(23-4)9-6-15/h5-10,16H,11-14H2,1-4H3/t16-,20-/m1/s1. The quantitative estimate of drug-likeness (QED) is 0.785. The number of hydrogen-bond donors (Lipinski definition) is 0. The lowest BCUT2D eigenvalue weighted by molar-refractivity contribution is -0.127. The Labute approximate surface area is 139 Å². The molecule has 1 aliphatic heterocycles. The van der Waals surface area contributed by atoms with Gasteiger partial charge in [-0.1, -0.05) is 32.9 Å². The van der Waals surface area contributed by atoms with E-state index in [0.29, 0.717) is 11.5 Å². The molecule has 1 heterocycles.